The Balaban J connectivity index is 1.34. The van der Waals surface area contributed by atoms with Gasteiger partial charge in [-0.3, -0.25) is 0 Å². The summed E-state index contributed by atoms with van der Waals surface area (Å²) in [5.74, 6) is 1.43. The van der Waals surface area contributed by atoms with E-state index in [-0.39, 0.29) is 12.2 Å². The van der Waals surface area contributed by atoms with Crippen molar-refractivity contribution < 1.29 is 18.7 Å². The second-order valence-electron chi connectivity index (χ2n) is 8.74. The summed E-state index contributed by atoms with van der Waals surface area (Å²) in [5.41, 5.74) is 2.26. The summed E-state index contributed by atoms with van der Waals surface area (Å²) in [6, 6.07) is 6.71. The minimum Gasteiger partial charge on any atom is -0.491 e. The molecule has 30 heavy (non-hydrogen) atoms. The van der Waals surface area contributed by atoms with Gasteiger partial charge in [-0.15, -0.1) is 0 Å². The lowest BCUT2D eigenvalue weighted by Crippen LogP contribution is -2.48. The molecule has 2 aromatic rings. The third kappa shape index (κ3) is 4.59. The number of ether oxygens (including phenoxy) is 2. The van der Waals surface area contributed by atoms with Crippen molar-refractivity contribution in [3.05, 3.63) is 30.0 Å². The van der Waals surface area contributed by atoms with Crippen LogP contribution in [0.3, 0.4) is 0 Å². The smallest absolute Gasteiger partial charge is 0.409 e. The monoisotopic (exact) mass is 414 g/mol. The van der Waals surface area contributed by atoms with Crippen molar-refractivity contribution in [1.82, 2.24) is 9.80 Å². The predicted molar refractivity (Wildman–Crippen MR) is 117 cm³/mol. The second kappa shape index (κ2) is 9.29. The van der Waals surface area contributed by atoms with Gasteiger partial charge < -0.3 is 23.7 Å². The summed E-state index contributed by atoms with van der Waals surface area (Å²) in [6.45, 7) is 10.2. The van der Waals surface area contributed by atoms with E-state index < -0.39 is 0 Å². The molecule has 1 aromatic heterocycles. The number of carbonyl (C=O) groups excluding carboxylic acids is 1. The zero-order valence-corrected chi connectivity index (χ0v) is 18.4. The minimum absolute atomic E-state index is 0.163. The van der Waals surface area contributed by atoms with Crippen LogP contribution in [0.1, 0.15) is 57.9 Å². The van der Waals surface area contributed by atoms with Crippen LogP contribution in [0.5, 0.6) is 5.75 Å². The first kappa shape index (κ1) is 21.0. The highest BCUT2D eigenvalue weighted by Gasteiger charge is 2.31. The molecule has 6 nitrogen and oxygen atoms in total. The molecule has 0 N–H and O–H groups in total. The molecule has 3 heterocycles. The SMILES string of the molecule is CCOC(=O)N1CCC(N2CCC(c3coc4ccc(OC(C)C)cc34)CC2)CC1. The van der Waals surface area contributed by atoms with Gasteiger partial charge in [0, 0.05) is 30.1 Å². The summed E-state index contributed by atoms with van der Waals surface area (Å²) in [6.07, 6.45) is 6.30. The maximum absolute atomic E-state index is 11.9. The lowest BCUT2D eigenvalue weighted by molar-refractivity contribution is 0.0663. The van der Waals surface area contributed by atoms with Crippen LogP contribution in [-0.4, -0.2) is 60.8 Å². The Kier molecular flexibility index (Phi) is 6.52. The number of piperidine rings is 2. The Bertz CT molecular complexity index is 846. The van der Waals surface area contributed by atoms with Gasteiger partial charge in [0.1, 0.15) is 11.3 Å². The Morgan fingerprint density at radius 2 is 1.87 bits per heavy atom. The van der Waals surface area contributed by atoms with Crippen molar-refractivity contribution in [3.8, 4) is 5.75 Å². The van der Waals surface area contributed by atoms with Crippen molar-refractivity contribution in [3.63, 3.8) is 0 Å². The first-order valence-electron chi connectivity index (χ1n) is 11.4. The number of furan rings is 1. The number of fused-ring (bicyclic) bond motifs is 1. The van der Waals surface area contributed by atoms with Crippen LogP contribution in [0, 0.1) is 0 Å². The fourth-order valence-electron chi connectivity index (χ4n) is 4.89. The highest BCUT2D eigenvalue weighted by molar-refractivity contribution is 5.83. The molecule has 0 aliphatic carbocycles. The van der Waals surface area contributed by atoms with E-state index in [9.17, 15) is 4.79 Å². The molecule has 2 aliphatic heterocycles. The summed E-state index contributed by atoms with van der Waals surface area (Å²) in [5, 5.41) is 1.19. The third-order valence-electron chi connectivity index (χ3n) is 6.42. The lowest BCUT2D eigenvalue weighted by atomic mass is 9.87. The van der Waals surface area contributed by atoms with E-state index in [1.54, 1.807) is 0 Å². The molecule has 2 fully saturated rings. The van der Waals surface area contributed by atoms with Gasteiger partial charge in [-0.2, -0.15) is 0 Å². The van der Waals surface area contributed by atoms with Crippen LogP contribution in [-0.2, 0) is 4.74 Å². The molecule has 2 aliphatic rings. The van der Waals surface area contributed by atoms with Crippen LogP contribution in [0.15, 0.2) is 28.9 Å². The van der Waals surface area contributed by atoms with Crippen molar-refractivity contribution in [2.24, 2.45) is 0 Å². The molecule has 0 bridgehead atoms. The number of hydrogen-bond donors (Lipinski definition) is 0. The topological polar surface area (TPSA) is 55.2 Å². The molecule has 1 amide bonds. The van der Waals surface area contributed by atoms with Gasteiger partial charge in [0.05, 0.1) is 19.0 Å². The number of carbonyl (C=O) groups is 1. The van der Waals surface area contributed by atoms with Gasteiger partial charge in [-0.1, -0.05) is 0 Å². The standard InChI is InChI=1S/C24H34N2O4/c1-4-28-24(27)26-13-9-19(10-14-26)25-11-7-18(8-12-25)22-16-29-23-6-5-20(15-21(22)23)30-17(2)3/h5-6,15-19H,4,7-14H2,1-3H3. The zero-order valence-electron chi connectivity index (χ0n) is 18.4. The minimum atomic E-state index is -0.165. The largest absolute Gasteiger partial charge is 0.491 e. The van der Waals surface area contributed by atoms with E-state index in [0.717, 1.165) is 63.2 Å². The first-order chi connectivity index (χ1) is 14.5. The Morgan fingerprint density at radius 3 is 2.53 bits per heavy atom. The number of benzene rings is 1. The fraction of sp³-hybridized carbons (Fsp3) is 0.625. The van der Waals surface area contributed by atoms with Gasteiger partial charge in [-0.05, 0) is 83.7 Å². The van der Waals surface area contributed by atoms with Gasteiger partial charge in [-0.25, -0.2) is 4.79 Å². The Labute approximate surface area is 179 Å². The molecule has 6 heteroatoms. The van der Waals surface area contributed by atoms with E-state index in [1.165, 1.54) is 10.9 Å². The highest BCUT2D eigenvalue weighted by atomic mass is 16.6. The van der Waals surface area contributed by atoms with Crippen LogP contribution in [0.2, 0.25) is 0 Å². The molecule has 4 rings (SSSR count). The van der Waals surface area contributed by atoms with E-state index in [4.69, 9.17) is 13.9 Å². The third-order valence-corrected chi connectivity index (χ3v) is 6.42. The summed E-state index contributed by atoms with van der Waals surface area (Å²) < 4.78 is 16.9. The Morgan fingerprint density at radius 1 is 1.13 bits per heavy atom. The number of amides is 1. The molecule has 0 unspecified atom stereocenters. The molecule has 0 radical (unpaired) electrons. The van der Waals surface area contributed by atoms with Crippen LogP contribution >= 0.6 is 0 Å². The molecule has 2 saturated heterocycles. The van der Waals surface area contributed by atoms with Crippen molar-refractivity contribution >= 4 is 17.1 Å². The molecule has 0 spiro atoms. The second-order valence-corrected chi connectivity index (χ2v) is 8.74. The fourth-order valence-corrected chi connectivity index (χ4v) is 4.89. The maximum atomic E-state index is 11.9. The van der Waals surface area contributed by atoms with Crippen LogP contribution < -0.4 is 4.74 Å². The highest BCUT2D eigenvalue weighted by Crippen LogP contribution is 2.37. The summed E-state index contributed by atoms with van der Waals surface area (Å²) in [7, 11) is 0. The quantitative estimate of drug-likeness (QED) is 0.688. The maximum Gasteiger partial charge on any atom is 0.409 e. The molecule has 0 atom stereocenters. The van der Waals surface area contributed by atoms with Crippen molar-refractivity contribution in [1.29, 1.82) is 0 Å². The molecular weight excluding hydrogens is 380 g/mol. The predicted octanol–water partition coefficient (Wildman–Crippen LogP) is 5.02. The van der Waals surface area contributed by atoms with Crippen molar-refractivity contribution in [2.75, 3.05) is 32.8 Å². The van der Waals surface area contributed by atoms with Gasteiger partial charge in [0.2, 0.25) is 0 Å². The number of nitrogens with zero attached hydrogens (tertiary/aromatic N) is 2. The average molecular weight is 415 g/mol. The summed E-state index contributed by atoms with van der Waals surface area (Å²) >= 11 is 0. The number of rotatable bonds is 5. The molecule has 0 saturated carbocycles. The number of likely N-dealkylation sites (tertiary alicyclic amines) is 2. The van der Waals surface area contributed by atoms with Crippen LogP contribution in [0.25, 0.3) is 11.0 Å². The van der Waals surface area contributed by atoms with E-state index in [0.29, 0.717) is 18.6 Å². The number of hydrogen-bond acceptors (Lipinski definition) is 5. The first-order valence-corrected chi connectivity index (χ1v) is 11.4. The normalized spacial score (nSPS) is 19.5. The van der Waals surface area contributed by atoms with Crippen molar-refractivity contribution in [2.45, 2.75) is 64.5 Å². The van der Waals surface area contributed by atoms with E-state index in [2.05, 4.69) is 11.0 Å². The van der Waals surface area contributed by atoms with Gasteiger partial charge in [0.15, 0.2) is 0 Å². The lowest BCUT2D eigenvalue weighted by Gasteiger charge is -2.41. The molecule has 164 valence electrons. The summed E-state index contributed by atoms with van der Waals surface area (Å²) in [4.78, 5) is 16.4. The van der Waals surface area contributed by atoms with Crippen LogP contribution in [0.4, 0.5) is 4.79 Å². The van der Waals surface area contributed by atoms with Gasteiger partial charge in [0.25, 0.3) is 0 Å². The average Bonchev–Trinajstić information content (AvgIpc) is 3.17. The van der Waals surface area contributed by atoms with Gasteiger partial charge >= 0.3 is 6.09 Å². The zero-order chi connectivity index (χ0) is 21.1. The van der Waals surface area contributed by atoms with E-state index in [1.807, 2.05) is 44.1 Å². The Hall–Kier alpha value is -2.21. The molecule has 1 aromatic carbocycles. The van der Waals surface area contributed by atoms with E-state index >= 15 is 0 Å². The molecular formula is C24H34N2O4.